The van der Waals surface area contributed by atoms with E-state index >= 15 is 0 Å². The third-order valence-electron chi connectivity index (χ3n) is 1.53. The molecule has 0 amide bonds. The highest BCUT2D eigenvalue weighted by molar-refractivity contribution is 14.1. The van der Waals surface area contributed by atoms with Gasteiger partial charge in [0.05, 0.1) is 0 Å². The fraction of sp³-hybridized carbons (Fsp3) is 0.250. The average molecular weight is 349 g/mol. The molecule has 0 spiro atoms. The van der Waals surface area contributed by atoms with Crippen molar-refractivity contribution < 1.29 is 27.1 Å². The van der Waals surface area contributed by atoms with Crippen molar-refractivity contribution in [3.63, 3.8) is 0 Å². The van der Waals surface area contributed by atoms with Crippen molar-refractivity contribution in [3.8, 4) is 5.88 Å². The molecule has 0 fully saturated rings. The molecule has 0 saturated heterocycles. The van der Waals surface area contributed by atoms with Gasteiger partial charge in [-0.25, -0.2) is 9.37 Å². The van der Waals surface area contributed by atoms with Gasteiger partial charge in [-0.3, -0.25) is 4.79 Å². The maximum Gasteiger partial charge on any atom is 0.574 e. The Morgan fingerprint density at radius 3 is 2.56 bits per heavy atom. The van der Waals surface area contributed by atoms with Crippen LogP contribution in [0, 0.1) is 3.70 Å². The SMILES string of the molecule is O=Cc1cc(CF)c(OC(F)(F)F)nc1I. The molecule has 0 saturated carbocycles. The van der Waals surface area contributed by atoms with E-state index in [4.69, 9.17) is 0 Å². The number of pyridine rings is 1. The minimum atomic E-state index is -4.94. The highest BCUT2D eigenvalue weighted by atomic mass is 127. The van der Waals surface area contributed by atoms with Crippen LogP contribution in [0.2, 0.25) is 0 Å². The summed E-state index contributed by atoms with van der Waals surface area (Å²) >= 11 is 1.56. The molecule has 0 unspecified atom stereocenters. The van der Waals surface area contributed by atoms with E-state index in [1.54, 1.807) is 22.6 Å². The van der Waals surface area contributed by atoms with Crippen LogP contribution in [0.15, 0.2) is 6.07 Å². The van der Waals surface area contributed by atoms with Crippen LogP contribution >= 0.6 is 22.6 Å². The molecule has 0 aliphatic rings. The molecule has 1 aromatic rings. The second-order valence-electron chi connectivity index (χ2n) is 2.63. The fourth-order valence-electron chi connectivity index (χ4n) is 0.911. The lowest BCUT2D eigenvalue weighted by Gasteiger charge is -2.11. The predicted molar refractivity (Wildman–Crippen MR) is 53.8 cm³/mol. The number of hydrogen-bond acceptors (Lipinski definition) is 3. The van der Waals surface area contributed by atoms with Gasteiger partial charge in [0.1, 0.15) is 10.4 Å². The summed E-state index contributed by atoms with van der Waals surface area (Å²) in [4.78, 5) is 13.8. The summed E-state index contributed by atoms with van der Waals surface area (Å²) in [6.07, 6.45) is -4.56. The Balaban J connectivity index is 3.18. The molecule has 3 nitrogen and oxygen atoms in total. The number of alkyl halides is 4. The molecule has 1 heterocycles. The number of carbonyl (C=O) groups excluding carboxylic acids is 1. The molecule has 0 bridgehead atoms. The molecular formula is C8H4F4INO2. The van der Waals surface area contributed by atoms with E-state index in [9.17, 15) is 22.4 Å². The number of rotatable bonds is 3. The first-order chi connectivity index (χ1) is 7.37. The van der Waals surface area contributed by atoms with Gasteiger partial charge in [-0.15, -0.1) is 13.2 Å². The first-order valence-electron chi connectivity index (χ1n) is 3.83. The quantitative estimate of drug-likeness (QED) is 0.365. The van der Waals surface area contributed by atoms with Crippen molar-refractivity contribution in [3.05, 3.63) is 20.9 Å². The zero-order valence-corrected chi connectivity index (χ0v) is 9.67. The number of nitrogens with zero attached hydrogens (tertiary/aromatic N) is 1. The summed E-state index contributed by atoms with van der Waals surface area (Å²) < 4.78 is 51.7. The molecule has 0 radical (unpaired) electrons. The molecule has 1 aromatic heterocycles. The van der Waals surface area contributed by atoms with Gasteiger partial charge in [-0.1, -0.05) is 0 Å². The molecule has 0 aromatic carbocycles. The zero-order valence-electron chi connectivity index (χ0n) is 7.52. The summed E-state index contributed by atoms with van der Waals surface area (Å²) in [6, 6.07) is 0.975. The first kappa shape index (κ1) is 13.1. The second-order valence-corrected chi connectivity index (χ2v) is 3.65. The van der Waals surface area contributed by atoms with Gasteiger partial charge in [0.25, 0.3) is 0 Å². The maximum atomic E-state index is 12.4. The van der Waals surface area contributed by atoms with Crippen LogP contribution in [0.1, 0.15) is 15.9 Å². The summed E-state index contributed by atoms with van der Waals surface area (Å²) in [6.45, 7) is -1.20. The Labute approximate surface area is 101 Å². The number of hydrogen-bond donors (Lipinski definition) is 0. The molecule has 0 atom stereocenters. The summed E-state index contributed by atoms with van der Waals surface area (Å²) in [5, 5.41) is 0. The van der Waals surface area contributed by atoms with E-state index in [1.807, 2.05) is 0 Å². The minimum absolute atomic E-state index is 0.0165. The zero-order chi connectivity index (χ0) is 12.3. The summed E-state index contributed by atoms with van der Waals surface area (Å²) in [5.74, 6) is -0.870. The van der Waals surface area contributed by atoms with E-state index in [1.165, 1.54) is 0 Å². The van der Waals surface area contributed by atoms with E-state index in [0.29, 0.717) is 6.29 Å². The fourth-order valence-corrected chi connectivity index (χ4v) is 1.41. The molecule has 0 aliphatic heterocycles. The van der Waals surface area contributed by atoms with Crippen molar-refractivity contribution in [2.75, 3.05) is 0 Å². The molecule has 16 heavy (non-hydrogen) atoms. The third kappa shape index (κ3) is 3.29. The van der Waals surface area contributed by atoms with Crippen LogP contribution in [0.3, 0.4) is 0 Å². The van der Waals surface area contributed by atoms with E-state index in [-0.39, 0.29) is 9.26 Å². The third-order valence-corrected chi connectivity index (χ3v) is 2.39. The first-order valence-corrected chi connectivity index (χ1v) is 4.91. The standard InChI is InChI=1S/C8H4F4INO2/c9-2-4-1-5(3-15)6(13)14-7(4)16-8(10,11)12/h1,3H,2H2. The highest BCUT2D eigenvalue weighted by Gasteiger charge is 2.33. The van der Waals surface area contributed by atoms with E-state index < -0.39 is 24.5 Å². The Kier molecular flexibility index (Phi) is 4.05. The largest absolute Gasteiger partial charge is 0.574 e. The lowest BCUT2D eigenvalue weighted by atomic mass is 10.2. The molecular weight excluding hydrogens is 345 g/mol. The Morgan fingerprint density at radius 1 is 1.50 bits per heavy atom. The number of ether oxygens (including phenoxy) is 1. The van der Waals surface area contributed by atoms with Crippen molar-refractivity contribution in [2.45, 2.75) is 13.0 Å². The Morgan fingerprint density at radius 2 is 2.12 bits per heavy atom. The number of carbonyl (C=O) groups is 1. The summed E-state index contributed by atoms with van der Waals surface area (Å²) in [5.41, 5.74) is -0.400. The molecule has 8 heteroatoms. The lowest BCUT2D eigenvalue weighted by molar-refractivity contribution is -0.276. The van der Waals surface area contributed by atoms with E-state index in [2.05, 4.69) is 9.72 Å². The number of aldehydes is 1. The van der Waals surface area contributed by atoms with Crippen LogP contribution in [0.5, 0.6) is 5.88 Å². The van der Waals surface area contributed by atoms with Gasteiger partial charge < -0.3 is 4.74 Å². The normalized spacial score (nSPS) is 11.3. The van der Waals surface area contributed by atoms with Gasteiger partial charge in [0.15, 0.2) is 6.29 Å². The monoisotopic (exact) mass is 349 g/mol. The molecule has 88 valence electrons. The summed E-state index contributed by atoms with van der Waals surface area (Å²) in [7, 11) is 0. The number of aromatic nitrogens is 1. The van der Waals surface area contributed by atoms with Crippen LogP contribution in [-0.4, -0.2) is 17.6 Å². The molecule has 1 rings (SSSR count). The van der Waals surface area contributed by atoms with Crippen molar-refractivity contribution >= 4 is 28.9 Å². The highest BCUT2D eigenvalue weighted by Crippen LogP contribution is 2.27. The van der Waals surface area contributed by atoms with Gasteiger partial charge >= 0.3 is 6.36 Å². The van der Waals surface area contributed by atoms with Crippen LogP contribution in [0.25, 0.3) is 0 Å². The topological polar surface area (TPSA) is 39.2 Å². The Hall–Kier alpha value is -0.930. The maximum absolute atomic E-state index is 12.4. The van der Waals surface area contributed by atoms with Crippen molar-refractivity contribution in [2.24, 2.45) is 0 Å². The van der Waals surface area contributed by atoms with Crippen LogP contribution < -0.4 is 4.74 Å². The van der Waals surface area contributed by atoms with E-state index in [0.717, 1.165) is 6.07 Å². The van der Waals surface area contributed by atoms with Gasteiger partial charge in [-0.05, 0) is 28.7 Å². The van der Waals surface area contributed by atoms with Gasteiger partial charge in [-0.2, -0.15) is 0 Å². The van der Waals surface area contributed by atoms with Gasteiger partial charge in [0.2, 0.25) is 5.88 Å². The predicted octanol–water partition coefficient (Wildman–Crippen LogP) is 2.87. The van der Waals surface area contributed by atoms with Crippen LogP contribution in [0.4, 0.5) is 17.6 Å². The lowest BCUT2D eigenvalue weighted by Crippen LogP contribution is -2.19. The van der Waals surface area contributed by atoms with Gasteiger partial charge in [0, 0.05) is 11.1 Å². The minimum Gasteiger partial charge on any atom is -0.387 e. The molecule has 0 aliphatic carbocycles. The Bertz CT molecular complexity index is 408. The molecule has 0 N–H and O–H groups in total. The van der Waals surface area contributed by atoms with Crippen LogP contribution in [-0.2, 0) is 6.67 Å². The van der Waals surface area contributed by atoms with Crippen molar-refractivity contribution in [1.29, 1.82) is 0 Å². The number of halogens is 5. The average Bonchev–Trinajstić information content (AvgIpc) is 2.16. The second kappa shape index (κ2) is 4.93. The smallest absolute Gasteiger partial charge is 0.387 e. The van der Waals surface area contributed by atoms with Crippen molar-refractivity contribution in [1.82, 2.24) is 4.98 Å².